The molecule has 1 aromatic heterocycles. The Morgan fingerprint density at radius 1 is 1.53 bits per heavy atom. The van der Waals surface area contributed by atoms with Gasteiger partial charge >= 0.3 is 5.69 Å². The first-order valence-corrected chi connectivity index (χ1v) is 5.59. The number of ether oxygens (including phenoxy) is 1. The first-order valence-electron chi connectivity index (χ1n) is 5.59. The molecule has 106 valence electrons. The Bertz CT molecular complexity index is 492. The highest BCUT2D eigenvalue weighted by Gasteiger charge is 2.43. The standard InChI is InChI=1S/C10H15N3O6/c1-18-12-6-2-3-13(10(17)11-6)9-8(16)7(15)5(4-14)19-9/h2-3,5,7-9,14-16H,4H2,1H3,(H,11,12,17)/t5-,7+,8+,9+/m0/s1. The van der Waals surface area contributed by atoms with Crippen molar-refractivity contribution in [3.63, 3.8) is 0 Å². The number of aromatic nitrogens is 2. The van der Waals surface area contributed by atoms with Gasteiger partial charge in [-0.2, -0.15) is 4.98 Å². The van der Waals surface area contributed by atoms with E-state index in [1.807, 2.05) is 0 Å². The summed E-state index contributed by atoms with van der Waals surface area (Å²) in [5.41, 5.74) is 1.71. The van der Waals surface area contributed by atoms with Crippen LogP contribution in [-0.4, -0.2) is 56.9 Å². The fraction of sp³-hybridized carbons (Fsp3) is 0.600. The Morgan fingerprint density at radius 3 is 2.79 bits per heavy atom. The van der Waals surface area contributed by atoms with Crippen LogP contribution >= 0.6 is 0 Å². The number of hydrogen-bond acceptors (Lipinski definition) is 8. The third-order valence-corrected chi connectivity index (χ3v) is 2.83. The van der Waals surface area contributed by atoms with Crippen LogP contribution in [0.2, 0.25) is 0 Å². The van der Waals surface area contributed by atoms with Crippen LogP contribution in [0.4, 0.5) is 5.82 Å². The van der Waals surface area contributed by atoms with Crippen molar-refractivity contribution in [2.75, 3.05) is 19.2 Å². The molecular weight excluding hydrogens is 258 g/mol. The molecule has 0 aliphatic carbocycles. The van der Waals surface area contributed by atoms with Crippen LogP contribution in [0, 0.1) is 0 Å². The lowest BCUT2D eigenvalue weighted by atomic mass is 10.1. The summed E-state index contributed by atoms with van der Waals surface area (Å²) in [6.45, 7) is -0.458. The van der Waals surface area contributed by atoms with Crippen molar-refractivity contribution in [3.05, 3.63) is 22.7 Å². The molecule has 19 heavy (non-hydrogen) atoms. The second-order valence-electron chi connectivity index (χ2n) is 4.04. The molecule has 0 aromatic carbocycles. The van der Waals surface area contributed by atoms with Gasteiger partial charge in [-0.05, 0) is 6.07 Å². The van der Waals surface area contributed by atoms with Gasteiger partial charge in [0.25, 0.3) is 0 Å². The average Bonchev–Trinajstić information content (AvgIpc) is 2.67. The second-order valence-corrected chi connectivity index (χ2v) is 4.04. The molecule has 0 bridgehead atoms. The number of aliphatic hydroxyl groups is 3. The number of anilines is 1. The topological polar surface area (TPSA) is 126 Å². The van der Waals surface area contributed by atoms with Gasteiger partial charge in [-0.15, -0.1) is 0 Å². The summed E-state index contributed by atoms with van der Waals surface area (Å²) in [6.07, 6.45) is -3.28. The highest BCUT2D eigenvalue weighted by Crippen LogP contribution is 2.27. The highest BCUT2D eigenvalue weighted by atomic mass is 16.6. The summed E-state index contributed by atoms with van der Waals surface area (Å²) >= 11 is 0. The molecule has 1 aromatic rings. The highest BCUT2D eigenvalue weighted by molar-refractivity contribution is 5.28. The van der Waals surface area contributed by atoms with Crippen molar-refractivity contribution in [2.45, 2.75) is 24.5 Å². The van der Waals surface area contributed by atoms with E-state index in [1.54, 1.807) is 0 Å². The lowest BCUT2D eigenvalue weighted by Gasteiger charge is -2.17. The van der Waals surface area contributed by atoms with Crippen LogP contribution < -0.4 is 11.2 Å². The molecule has 1 aliphatic rings. The van der Waals surface area contributed by atoms with Crippen LogP contribution in [0.15, 0.2) is 17.1 Å². The molecule has 9 heteroatoms. The van der Waals surface area contributed by atoms with E-state index >= 15 is 0 Å². The minimum Gasteiger partial charge on any atom is -0.394 e. The van der Waals surface area contributed by atoms with E-state index in [1.165, 1.54) is 19.4 Å². The lowest BCUT2D eigenvalue weighted by Crippen LogP contribution is -2.36. The van der Waals surface area contributed by atoms with Crippen molar-refractivity contribution < 1.29 is 24.9 Å². The summed E-state index contributed by atoms with van der Waals surface area (Å²) in [4.78, 5) is 20.0. The first kappa shape index (κ1) is 13.9. The Labute approximate surface area is 108 Å². The quantitative estimate of drug-likeness (QED) is 0.456. The fourth-order valence-corrected chi connectivity index (χ4v) is 1.88. The predicted molar refractivity (Wildman–Crippen MR) is 62.1 cm³/mol. The molecule has 1 aliphatic heterocycles. The van der Waals surface area contributed by atoms with Gasteiger partial charge in [0.15, 0.2) is 12.0 Å². The zero-order valence-corrected chi connectivity index (χ0v) is 10.1. The maximum atomic E-state index is 11.8. The molecule has 2 rings (SSSR count). The van der Waals surface area contributed by atoms with Crippen LogP contribution in [-0.2, 0) is 9.57 Å². The zero-order valence-electron chi connectivity index (χ0n) is 10.1. The van der Waals surface area contributed by atoms with Crippen LogP contribution in [0.1, 0.15) is 6.23 Å². The number of aliphatic hydroxyl groups excluding tert-OH is 3. The molecule has 4 N–H and O–H groups in total. The van der Waals surface area contributed by atoms with Gasteiger partial charge < -0.3 is 20.1 Å². The zero-order chi connectivity index (χ0) is 14.0. The largest absolute Gasteiger partial charge is 0.394 e. The molecule has 4 atom stereocenters. The number of nitrogens with zero attached hydrogens (tertiary/aromatic N) is 2. The van der Waals surface area contributed by atoms with Gasteiger partial charge in [-0.25, -0.2) is 10.3 Å². The van der Waals surface area contributed by atoms with Crippen LogP contribution in [0.3, 0.4) is 0 Å². The Balaban J connectivity index is 2.25. The molecule has 0 unspecified atom stereocenters. The minimum atomic E-state index is -1.32. The van der Waals surface area contributed by atoms with Gasteiger partial charge in [0.1, 0.15) is 18.3 Å². The van der Waals surface area contributed by atoms with Gasteiger partial charge in [-0.1, -0.05) is 0 Å². The van der Waals surface area contributed by atoms with Crippen molar-refractivity contribution in [2.24, 2.45) is 0 Å². The summed E-state index contributed by atoms with van der Waals surface area (Å²) in [5, 5.41) is 28.4. The molecule has 9 nitrogen and oxygen atoms in total. The van der Waals surface area contributed by atoms with Gasteiger partial charge in [0.2, 0.25) is 0 Å². The monoisotopic (exact) mass is 273 g/mol. The summed E-state index contributed by atoms with van der Waals surface area (Å²) in [7, 11) is 1.37. The normalized spacial score (nSPS) is 30.5. The van der Waals surface area contributed by atoms with E-state index in [4.69, 9.17) is 9.84 Å². The number of rotatable bonds is 4. The molecule has 2 heterocycles. The Kier molecular flexibility index (Phi) is 4.12. The molecule has 1 fully saturated rings. The molecule has 0 amide bonds. The number of nitrogens with one attached hydrogen (secondary N) is 1. The van der Waals surface area contributed by atoms with E-state index in [-0.39, 0.29) is 5.82 Å². The average molecular weight is 273 g/mol. The Hall–Kier alpha value is -1.52. The smallest absolute Gasteiger partial charge is 0.351 e. The van der Waals surface area contributed by atoms with E-state index in [2.05, 4.69) is 15.3 Å². The maximum Gasteiger partial charge on any atom is 0.351 e. The van der Waals surface area contributed by atoms with E-state index < -0.39 is 36.8 Å². The third kappa shape index (κ3) is 2.60. The third-order valence-electron chi connectivity index (χ3n) is 2.83. The molecule has 0 spiro atoms. The van der Waals surface area contributed by atoms with E-state index in [9.17, 15) is 15.0 Å². The van der Waals surface area contributed by atoms with Crippen molar-refractivity contribution in [1.82, 2.24) is 9.55 Å². The predicted octanol–water partition coefficient (Wildman–Crippen LogP) is -2.17. The van der Waals surface area contributed by atoms with Gasteiger partial charge in [0, 0.05) is 6.20 Å². The van der Waals surface area contributed by atoms with Crippen molar-refractivity contribution in [1.29, 1.82) is 0 Å². The summed E-state index contributed by atoms with van der Waals surface area (Å²) < 4.78 is 6.26. The van der Waals surface area contributed by atoms with Crippen molar-refractivity contribution in [3.8, 4) is 0 Å². The molecule has 0 radical (unpaired) electrons. The fourth-order valence-electron chi connectivity index (χ4n) is 1.88. The second kappa shape index (κ2) is 5.63. The lowest BCUT2D eigenvalue weighted by molar-refractivity contribution is -0.0549. The van der Waals surface area contributed by atoms with Crippen LogP contribution in [0.5, 0.6) is 0 Å². The van der Waals surface area contributed by atoms with Gasteiger partial charge in [-0.3, -0.25) is 9.40 Å². The first-order chi connectivity index (χ1) is 9.08. The maximum absolute atomic E-state index is 11.8. The summed E-state index contributed by atoms with van der Waals surface area (Å²) in [6, 6.07) is 1.44. The van der Waals surface area contributed by atoms with Crippen LogP contribution in [0.25, 0.3) is 0 Å². The molecule has 1 saturated heterocycles. The minimum absolute atomic E-state index is 0.204. The van der Waals surface area contributed by atoms with E-state index in [0.29, 0.717) is 0 Å². The number of hydrogen-bond donors (Lipinski definition) is 4. The molecule has 0 saturated carbocycles. The summed E-state index contributed by atoms with van der Waals surface area (Å²) in [5.74, 6) is 0.204. The van der Waals surface area contributed by atoms with E-state index in [0.717, 1.165) is 4.57 Å². The van der Waals surface area contributed by atoms with Crippen molar-refractivity contribution >= 4 is 5.82 Å². The molecular formula is C10H15N3O6. The van der Waals surface area contributed by atoms with Gasteiger partial charge in [0.05, 0.1) is 13.7 Å². The SMILES string of the molecule is CONc1ccn([C@@H]2O[C@@H](CO)[C@@H](O)[C@H]2O)c(=O)n1. The Morgan fingerprint density at radius 2 is 2.26 bits per heavy atom.